The molecule has 4 rings (SSSR count). The quantitative estimate of drug-likeness (QED) is 0.677. The molecule has 6 nitrogen and oxygen atoms in total. The highest BCUT2D eigenvalue weighted by Crippen LogP contribution is 2.34. The maximum absolute atomic E-state index is 12.8. The second-order valence-corrected chi connectivity index (χ2v) is 6.79. The number of nitrogens with one attached hydrogen (secondary N) is 1. The Kier molecular flexibility index (Phi) is 5.57. The second kappa shape index (κ2) is 8.61. The lowest BCUT2D eigenvalue weighted by Gasteiger charge is -2.29. The summed E-state index contributed by atoms with van der Waals surface area (Å²) in [4.78, 5) is 31.7. The summed E-state index contributed by atoms with van der Waals surface area (Å²) in [5, 5.41) is 2.91. The molecule has 0 saturated heterocycles. The van der Waals surface area contributed by atoms with Crippen molar-refractivity contribution in [3.63, 3.8) is 0 Å². The summed E-state index contributed by atoms with van der Waals surface area (Å²) in [7, 11) is 1.35. The van der Waals surface area contributed by atoms with E-state index >= 15 is 0 Å². The summed E-state index contributed by atoms with van der Waals surface area (Å²) in [5.74, 6) is -0.310. The Bertz CT molecular complexity index is 1080. The van der Waals surface area contributed by atoms with Crippen LogP contribution < -0.4 is 10.2 Å². The van der Waals surface area contributed by atoms with Gasteiger partial charge in [-0.15, -0.1) is 0 Å². The molecule has 1 heterocycles. The number of hydrogen-bond donors (Lipinski definition) is 1. The highest BCUT2D eigenvalue weighted by Gasteiger charge is 2.34. The molecular weight excluding hydrogens is 378 g/mol. The molecule has 150 valence electrons. The van der Waals surface area contributed by atoms with Gasteiger partial charge in [0.25, 0.3) is 5.91 Å². The maximum Gasteiger partial charge on any atom is 0.339 e. The first-order chi connectivity index (χ1) is 14.7. The lowest BCUT2D eigenvalue weighted by molar-refractivity contribution is 0.0601. The van der Waals surface area contributed by atoms with E-state index in [1.807, 2.05) is 65.6 Å². The van der Waals surface area contributed by atoms with Crippen molar-refractivity contribution in [1.82, 2.24) is 5.32 Å². The van der Waals surface area contributed by atoms with Gasteiger partial charge in [0.05, 0.1) is 30.9 Å². The van der Waals surface area contributed by atoms with E-state index in [-0.39, 0.29) is 11.9 Å². The molecular formula is C24H21N3O3. The van der Waals surface area contributed by atoms with Crippen molar-refractivity contribution >= 4 is 23.5 Å². The smallest absolute Gasteiger partial charge is 0.339 e. The normalized spacial score (nSPS) is 15.4. The van der Waals surface area contributed by atoms with Gasteiger partial charge in [0.2, 0.25) is 5.96 Å². The van der Waals surface area contributed by atoms with Crippen LogP contribution in [-0.4, -0.2) is 31.5 Å². The molecule has 0 saturated carbocycles. The number of guanidine groups is 1. The Balaban J connectivity index is 1.74. The van der Waals surface area contributed by atoms with Crippen molar-refractivity contribution in [3.05, 3.63) is 102 Å². The van der Waals surface area contributed by atoms with Crippen molar-refractivity contribution in [2.45, 2.75) is 6.04 Å². The summed E-state index contributed by atoms with van der Waals surface area (Å²) in [6.45, 7) is 0.448. The van der Waals surface area contributed by atoms with E-state index < -0.39 is 5.97 Å². The molecule has 1 aliphatic rings. The molecule has 0 aromatic heterocycles. The van der Waals surface area contributed by atoms with Crippen LogP contribution >= 0.6 is 0 Å². The number of hydrogen-bond acceptors (Lipinski definition) is 5. The van der Waals surface area contributed by atoms with Crippen LogP contribution in [0.1, 0.15) is 32.3 Å². The van der Waals surface area contributed by atoms with Crippen molar-refractivity contribution in [2.24, 2.45) is 4.99 Å². The van der Waals surface area contributed by atoms with E-state index in [1.54, 1.807) is 24.3 Å². The van der Waals surface area contributed by atoms with E-state index in [4.69, 9.17) is 4.74 Å². The van der Waals surface area contributed by atoms with Gasteiger partial charge in [-0.05, 0) is 29.8 Å². The summed E-state index contributed by atoms with van der Waals surface area (Å²) in [6.07, 6.45) is 0. The summed E-state index contributed by atoms with van der Waals surface area (Å²) in [5.41, 5.74) is 2.60. The van der Waals surface area contributed by atoms with Crippen LogP contribution in [0.25, 0.3) is 0 Å². The monoisotopic (exact) mass is 399 g/mol. The maximum atomic E-state index is 12.8. The van der Waals surface area contributed by atoms with Crippen LogP contribution in [0, 0.1) is 0 Å². The third kappa shape index (κ3) is 3.80. The van der Waals surface area contributed by atoms with Crippen LogP contribution in [-0.2, 0) is 4.74 Å². The molecule has 3 aromatic rings. The number of ether oxygens (including phenoxy) is 1. The van der Waals surface area contributed by atoms with Gasteiger partial charge in [-0.1, -0.05) is 60.7 Å². The second-order valence-electron chi connectivity index (χ2n) is 6.79. The van der Waals surface area contributed by atoms with E-state index in [9.17, 15) is 9.59 Å². The van der Waals surface area contributed by atoms with Crippen LogP contribution in [0.5, 0.6) is 0 Å². The predicted octanol–water partition coefficient (Wildman–Crippen LogP) is 3.82. The van der Waals surface area contributed by atoms with Gasteiger partial charge in [-0.25, -0.2) is 9.79 Å². The number of para-hydroxylation sites is 1. The summed E-state index contributed by atoms with van der Waals surface area (Å²) in [6, 6.07) is 25.8. The van der Waals surface area contributed by atoms with Gasteiger partial charge in [0, 0.05) is 5.56 Å². The minimum absolute atomic E-state index is 0.164. The predicted molar refractivity (Wildman–Crippen MR) is 116 cm³/mol. The first-order valence-electron chi connectivity index (χ1n) is 9.61. The molecule has 0 spiro atoms. The van der Waals surface area contributed by atoms with Gasteiger partial charge in [0.15, 0.2) is 0 Å². The van der Waals surface area contributed by atoms with Crippen molar-refractivity contribution in [3.8, 4) is 0 Å². The number of carbonyl (C=O) groups is 2. The van der Waals surface area contributed by atoms with E-state index in [0.717, 1.165) is 5.56 Å². The summed E-state index contributed by atoms with van der Waals surface area (Å²) >= 11 is 0. The van der Waals surface area contributed by atoms with E-state index in [2.05, 4.69) is 10.3 Å². The van der Waals surface area contributed by atoms with Crippen molar-refractivity contribution < 1.29 is 14.3 Å². The zero-order valence-electron chi connectivity index (χ0n) is 16.5. The fourth-order valence-corrected chi connectivity index (χ4v) is 3.52. The van der Waals surface area contributed by atoms with Gasteiger partial charge in [0.1, 0.15) is 0 Å². The minimum Gasteiger partial charge on any atom is -0.465 e. The van der Waals surface area contributed by atoms with Crippen LogP contribution in [0.4, 0.5) is 5.69 Å². The van der Waals surface area contributed by atoms with Crippen molar-refractivity contribution in [2.75, 3.05) is 18.6 Å². The number of amides is 1. The average molecular weight is 399 g/mol. The zero-order valence-corrected chi connectivity index (χ0v) is 16.5. The molecule has 1 N–H and O–H groups in total. The third-order valence-electron chi connectivity index (χ3n) is 4.97. The topological polar surface area (TPSA) is 71.0 Å². The number of nitrogens with zero attached hydrogens (tertiary/aromatic N) is 2. The number of carbonyl (C=O) groups excluding carboxylic acids is 2. The first-order valence-corrected chi connectivity index (χ1v) is 9.61. The molecule has 0 aliphatic carbocycles. The molecule has 30 heavy (non-hydrogen) atoms. The average Bonchev–Trinajstić information content (AvgIpc) is 3.23. The fourth-order valence-electron chi connectivity index (χ4n) is 3.52. The van der Waals surface area contributed by atoms with Crippen LogP contribution in [0.2, 0.25) is 0 Å². The van der Waals surface area contributed by atoms with E-state index in [1.165, 1.54) is 7.11 Å². The Labute approximate surface area is 174 Å². The molecule has 1 aliphatic heterocycles. The Hall–Kier alpha value is -3.93. The minimum atomic E-state index is -0.446. The van der Waals surface area contributed by atoms with Crippen LogP contribution in [0.15, 0.2) is 89.9 Å². The Morgan fingerprint density at radius 2 is 1.57 bits per heavy atom. The molecule has 0 radical (unpaired) electrons. The summed E-state index contributed by atoms with van der Waals surface area (Å²) < 4.78 is 4.97. The number of benzene rings is 3. The Morgan fingerprint density at radius 3 is 2.27 bits per heavy atom. The number of anilines is 1. The SMILES string of the molecule is COC(=O)c1ccccc1N1C(NC(=O)c2ccccc2)=NCC1c1ccccc1. The van der Waals surface area contributed by atoms with Gasteiger partial charge >= 0.3 is 5.97 Å². The highest BCUT2D eigenvalue weighted by atomic mass is 16.5. The van der Waals surface area contributed by atoms with E-state index in [0.29, 0.717) is 29.3 Å². The van der Waals surface area contributed by atoms with Crippen molar-refractivity contribution in [1.29, 1.82) is 0 Å². The lowest BCUT2D eigenvalue weighted by atomic mass is 10.0. The molecule has 6 heteroatoms. The number of methoxy groups -OCH3 is 1. The molecule has 1 unspecified atom stereocenters. The molecule has 1 atom stereocenters. The Morgan fingerprint density at radius 1 is 0.933 bits per heavy atom. The zero-order chi connectivity index (χ0) is 20.9. The number of esters is 1. The van der Waals surface area contributed by atoms with Gasteiger partial charge in [-0.3, -0.25) is 10.1 Å². The highest BCUT2D eigenvalue weighted by molar-refractivity contribution is 6.13. The van der Waals surface area contributed by atoms with Gasteiger partial charge < -0.3 is 9.64 Å². The largest absolute Gasteiger partial charge is 0.465 e. The first kappa shape index (κ1) is 19.4. The lowest BCUT2D eigenvalue weighted by Crippen LogP contribution is -2.43. The third-order valence-corrected chi connectivity index (χ3v) is 4.97. The molecule has 1 amide bonds. The standard InChI is InChI=1S/C24H21N3O3/c1-30-23(29)19-14-8-9-15-20(19)27-21(17-10-4-2-5-11-17)16-25-24(27)26-22(28)18-12-6-3-7-13-18/h2-15,21H,16H2,1H3,(H,25,26,28). The molecule has 0 bridgehead atoms. The van der Waals surface area contributed by atoms with Crippen LogP contribution in [0.3, 0.4) is 0 Å². The molecule has 3 aromatic carbocycles. The fraction of sp³-hybridized carbons (Fsp3) is 0.125. The number of aliphatic imine (C=N–C) groups is 1. The van der Waals surface area contributed by atoms with Gasteiger partial charge in [-0.2, -0.15) is 0 Å². The number of rotatable bonds is 4. The molecule has 0 fully saturated rings.